The van der Waals surface area contributed by atoms with Crippen molar-refractivity contribution in [3.63, 3.8) is 0 Å². The van der Waals surface area contributed by atoms with Crippen LogP contribution in [0, 0.1) is 0 Å². The molecule has 1 N–H and O–H groups in total. The van der Waals surface area contributed by atoms with Crippen molar-refractivity contribution in [3.8, 4) is 0 Å². The maximum absolute atomic E-state index is 12.2. The van der Waals surface area contributed by atoms with Crippen LogP contribution in [0.1, 0.15) is 16.8 Å². The molecule has 1 atom stereocenters. The molecule has 0 aliphatic rings. The summed E-state index contributed by atoms with van der Waals surface area (Å²) >= 11 is 11.0. The molecule has 0 bridgehead atoms. The Morgan fingerprint density at radius 2 is 2.32 bits per heavy atom. The van der Waals surface area contributed by atoms with Crippen LogP contribution in [-0.2, 0) is 4.74 Å². The van der Waals surface area contributed by atoms with E-state index in [1.807, 2.05) is 12.3 Å². The lowest BCUT2D eigenvalue weighted by Gasteiger charge is -2.17. The van der Waals surface area contributed by atoms with Gasteiger partial charge in [-0.2, -0.15) is 0 Å². The third-order valence-electron chi connectivity index (χ3n) is 2.58. The van der Waals surface area contributed by atoms with Crippen LogP contribution in [0.4, 0.5) is 0 Å². The highest BCUT2D eigenvalue weighted by atomic mass is 79.9. The maximum atomic E-state index is 12.2. The van der Waals surface area contributed by atoms with Gasteiger partial charge >= 0.3 is 0 Å². The Morgan fingerprint density at radius 1 is 1.58 bits per heavy atom. The first kappa shape index (κ1) is 16.8. The highest BCUT2D eigenvalue weighted by Crippen LogP contribution is 2.23. The van der Waals surface area contributed by atoms with Gasteiger partial charge in [0.25, 0.3) is 5.91 Å². The zero-order valence-electron chi connectivity index (χ0n) is 10.9. The molecule has 3 nitrogen and oxygen atoms in total. The average Bonchev–Trinajstić information content (AvgIpc) is 2.39. The van der Waals surface area contributed by atoms with Crippen LogP contribution >= 0.6 is 39.3 Å². The highest BCUT2D eigenvalue weighted by Gasteiger charge is 2.16. The summed E-state index contributed by atoms with van der Waals surface area (Å²) in [7, 11) is 1.62. The smallest absolute Gasteiger partial charge is 0.253 e. The lowest BCUT2D eigenvalue weighted by molar-refractivity contribution is 0.0895. The Kier molecular flexibility index (Phi) is 7.83. The molecule has 0 saturated carbocycles. The molecule has 1 unspecified atom stereocenters. The second kappa shape index (κ2) is 8.84. The molecule has 0 heterocycles. The van der Waals surface area contributed by atoms with Crippen LogP contribution in [0.3, 0.4) is 0 Å². The molecular formula is C13H17BrClNO2S. The number of carbonyl (C=O) groups is 1. The number of alkyl halides is 1. The standard InChI is InChI=1S/C13H17BrClNO2S/c1-18-8-9(5-6-14)16-13(17)11-7-10(19-2)3-4-12(11)15/h3-4,7,9H,5-6,8H2,1-2H3,(H,16,17). The number of amides is 1. The third kappa shape index (κ3) is 5.34. The molecule has 0 radical (unpaired) electrons. The number of halogens is 2. The summed E-state index contributed by atoms with van der Waals surface area (Å²) in [5.74, 6) is -0.163. The first-order valence-corrected chi connectivity index (χ1v) is 8.54. The first-order valence-electron chi connectivity index (χ1n) is 5.81. The van der Waals surface area contributed by atoms with Crippen LogP contribution in [0.15, 0.2) is 23.1 Å². The van der Waals surface area contributed by atoms with Gasteiger partial charge in [0.2, 0.25) is 0 Å². The number of hydrogen-bond donors (Lipinski definition) is 1. The monoisotopic (exact) mass is 365 g/mol. The molecule has 1 amide bonds. The van der Waals surface area contributed by atoms with Crippen LogP contribution in [0.25, 0.3) is 0 Å². The lowest BCUT2D eigenvalue weighted by Crippen LogP contribution is -2.38. The number of ether oxygens (including phenoxy) is 1. The molecule has 0 aliphatic heterocycles. The summed E-state index contributed by atoms with van der Waals surface area (Å²) in [6.45, 7) is 0.483. The van der Waals surface area contributed by atoms with E-state index in [-0.39, 0.29) is 11.9 Å². The molecule has 0 fully saturated rings. The van der Waals surface area contributed by atoms with E-state index in [1.54, 1.807) is 31.0 Å². The van der Waals surface area contributed by atoms with Crippen molar-refractivity contribution in [1.29, 1.82) is 0 Å². The molecule has 0 aliphatic carbocycles. The Morgan fingerprint density at radius 3 is 2.89 bits per heavy atom. The van der Waals surface area contributed by atoms with E-state index in [4.69, 9.17) is 16.3 Å². The summed E-state index contributed by atoms with van der Waals surface area (Å²) in [4.78, 5) is 13.2. The summed E-state index contributed by atoms with van der Waals surface area (Å²) in [5, 5.41) is 4.21. The van der Waals surface area contributed by atoms with Gasteiger partial charge in [-0.15, -0.1) is 11.8 Å². The van der Waals surface area contributed by atoms with Crippen molar-refractivity contribution in [2.45, 2.75) is 17.4 Å². The quantitative estimate of drug-likeness (QED) is 0.592. The van der Waals surface area contributed by atoms with E-state index in [9.17, 15) is 4.79 Å². The van der Waals surface area contributed by atoms with Crippen LogP contribution in [0.2, 0.25) is 5.02 Å². The van der Waals surface area contributed by atoms with E-state index in [2.05, 4.69) is 21.2 Å². The van der Waals surface area contributed by atoms with E-state index in [0.29, 0.717) is 17.2 Å². The van der Waals surface area contributed by atoms with Crippen molar-refractivity contribution in [1.82, 2.24) is 5.32 Å². The van der Waals surface area contributed by atoms with Crippen molar-refractivity contribution in [2.75, 3.05) is 25.3 Å². The summed E-state index contributed by atoms with van der Waals surface area (Å²) in [6, 6.07) is 5.43. The number of methoxy groups -OCH3 is 1. The third-order valence-corrected chi connectivity index (χ3v) is 4.09. The maximum Gasteiger partial charge on any atom is 0.253 e. The molecule has 0 aromatic heterocycles. The van der Waals surface area contributed by atoms with Gasteiger partial charge in [-0.3, -0.25) is 4.79 Å². The Balaban J connectivity index is 2.81. The minimum atomic E-state index is -0.163. The minimum absolute atomic E-state index is 0.0223. The summed E-state index contributed by atoms with van der Waals surface area (Å²) in [5.41, 5.74) is 0.504. The van der Waals surface area contributed by atoms with Crippen molar-refractivity contribution < 1.29 is 9.53 Å². The second-order valence-corrected chi connectivity index (χ2v) is 6.03. The molecule has 6 heteroatoms. The topological polar surface area (TPSA) is 38.3 Å². The zero-order chi connectivity index (χ0) is 14.3. The second-order valence-electron chi connectivity index (χ2n) is 3.95. The van der Waals surface area contributed by atoms with Gasteiger partial charge in [-0.05, 0) is 30.9 Å². The van der Waals surface area contributed by atoms with Crippen molar-refractivity contribution in [2.24, 2.45) is 0 Å². The van der Waals surface area contributed by atoms with Crippen LogP contribution < -0.4 is 5.32 Å². The molecule has 106 valence electrons. The average molecular weight is 367 g/mol. The normalized spacial score (nSPS) is 12.2. The van der Waals surface area contributed by atoms with Crippen LogP contribution in [-0.4, -0.2) is 37.3 Å². The summed E-state index contributed by atoms with van der Waals surface area (Å²) < 4.78 is 5.10. The van der Waals surface area contributed by atoms with Crippen LogP contribution in [0.5, 0.6) is 0 Å². The molecular weight excluding hydrogens is 350 g/mol. The van der Waals surface area contributed by atoms with Crippen molar-refractivity contribution in [3.05, 3.63) is 28.8 Å². The SMILES string of the molecule is COCC(CCBr)NC(=O)c1cc(SC)ccc1Cl. The fraction of sp³-hybridized carbons (Fsp3) is 0.462. The molecule has 0 saturated heterocycles. The molecule has 1 rings (SSSR count). The minimum Gasteiger partial charge on any atom is -0.383 e. The van der Waals surface area contributed by atoms with E-state index >= 15 is 0 Å². The highest BCUT2D eigenvalue weighted by molar-refractivity contribution is 9.09. The van der Waals surface area contributed by atoms with Gasteiger partial charge in [0, 0.05) is 17.3 Å². The van der Waals surface area contributed by atoms with Crippen molar-refractivity contribution >= 4 is 45.2 Å². The Hall–Kier alpha value is -0.230. The number of benzene rings is 1. The first-order chi connectivity index (χ1) is 9.12. The Labute approximate surface area is 131 Å². The molecule has 1 aromatic rings. The van der Waals surface area contributed by atoms with E-state index in [0.717, 1.165) is 16.6 Å². The number of thioether (sulfide) groups is 1. The number of nitrogens with one attached hydrogen (secondary N) is 1. The molecule has 19 heavy (non-hydrogen) atoms. The van der Waals surface area contributed by atoms with Gasteiger partial charge in [0.15, 0.2) is 0 Å². The van der Waals surface area contributed by atoms with Gasteiger partial charge in [-0.25, -0.2) is 0 Å². The Bertz CT molecular complexity index is 425. The van der Waals surface area contributed by atoms with E-state index < -0.39 is 0 Å². The van der Waals surface area contributed by atoms with Gasteiger partial charge < -0.3 is 10.1 Å². The lowest BCUT2D eigenvalue weighted by atomic mass is 10.1. The number of hydrogen-bond acceptors (Lipinski definition) is 3. The zero-order valence-corrected chi connectivity index (χ0v) is 14.1. The van der Waals surface area contributed by atoms with Gasteiger partial charge in [0.1, 0.15) is 0 Å². The van der Waals surface area contributed by atoms with E-state index in [1.165, 1.54) is 0 Å². The molecule has 0 spiro atoms. The predicted molar refractivity (Wildman–Crippen MR) is 84.8 cm³/mol. The number of rotatable bonds is 7. The largest absolute Gasteiger partial charge is 0.383 e. The van der Waals surface area contributed by atoms with Gasteiger partial charge in [0.05, 0.1) is 23.2 Å². The number of carbonyl (C=O) groups excluding carboxylic acids is 1. The fourth-order valence-corrected chi connectivity index (χ4v) is 2.79. The molecule has 1 aromatic carbocycles. The predicted octanol–water partition coefficient (Wildman–Crippen LogP) is 3.59. The summed E-state index contributed by atoms with van der Waals surface area (Å²) in [6.07, 6.45) is 2.77. The van der Waals surface area contributed by atoms with Gasteiger partial charge in [-0.1, -0.05) is 27.5 Å². The fourth-order valence-electron chi connectivity index (χ4n) is 1.60.